The van der Waals surface area contributed by atoms with Crippen molar-refractivity contribution in [3.63, 3.8) is 0 Å². The number of nitrogens with one attached hydrogen (secondary N) is 1. The summed E-state index contributed by atoms with van der Waals surface area (Å²) < 4.78 is 2.03. The van der Waals surface area contributed by atoms with Gasteiger partial charge in [0.05, 0.1) is 16.4 Å². The van der Waals surface area contributed by atoms with Crippen LogP contribution in [0.3, 0.4) is 0 Å². The van der Waals surface area contributed by atoms with Crippen LogP contribution in [0.5, 0.6) is 0 Å². The van der Waals surface area contributed by atoms with Crippen molar-refractivity contribution in [3.05, 3.63) is 16.4 Å². The van der Waals surface area contributed by atoms with E-state index in [1.807, 2.05) is 18.7 Å². The van der Waals surface area contributed by atoms with E-state index in [0.29, 0.717) is 6.04 Å². The number of aromatic nitrogens is 2. The molecule has 0 aliphatic carbocycles. The maximum absolute atomic E-state index is 6.37. The summed E-state index contributed by atoms with van der Waals surface area (Å²) in [5.41, 5.74) is 2.32. The van der Waals surface area contributed by atoms with Crippen LogP contribution in [0.25, 0.3) is 0 Å². The van der Waals surface area contributed by atoms with E-state index < -0.39 is 0 Å². The van der Waals surface area contributed by atoms with Gasteiger partial charge in [0.1, 0.15) is 0 Å². The fourth-order valence-electron chi connectivity index (χ4n) is 2.49. The molecule has 1 atom stereocenters. The summed E-state index contributed by atoms with van der Waals surface area (Å²) in [7, 11) is 2.01. The van der Waals surface area contributed by atoms with E-state index in [4.69, 9.17) is 11.6 Å². The molecule has 1 rings (SSSR count). The normalized spacial score (nSPS) is 13.9. The quantitative estimate of drug-likeness (QED) is 0.859. The first-order valence-electron chi connectivity index (χ1n) is 6.69. The number of halogens is 1. The molecule has 1 unspecified atom stereocenters. The first-order valence-corrected chi connectivity index (χ1v) is 7.07. The van der Waals surface area contributed by atoms with Gasteiger partial charge in [-0.1, -0.05) is 25.4 Å². The molecule has 0 radical (unpaired) electrons. The van der Waals surface area contributed by atoms with Crippen LogP contribution in [0, 0.1) is 12.3 Å². The van der Waals surface area contributed by atoms with Crippen LogP contribution in [0.4, 0.5) is 0 Å². The van der Waals surface area contributed by atoms with Gasteiger partial charge in [0, 0.05) is 12.6 Å². The van der Waals surface area contributed by atoms with Gasteiger partial charge in [-0.2, -0.15) is 5.10 Å². The zero-order valence-corrected chi connectivity index (χ0v) is 13.2. The number of rotatable bonds is 6. The van der Waals surface area contributed by atoms with Crippen LogP contribution in [0.1, 0.15) is 45.5 Å². The van der Waals surface area contributed by atoms with Gasteiger partial charge in [-0.05, 0) is 46.1 Å². The van der Waals surface area contributed by atoms with Crippen LogP contribution < -0.4 is 5.32 Å². The Bertz CT molecular complexity index is 396. The molecular weight excluding hydrogens is 246 g/mol. The molecule has 0 spiro atoms. The van der Waals surface area contributed by atoms with Crippen molar-refractivity contribution >= 4 is 11.6 Å². The summed E-state index contributed by atoms with van der Waals surface area (Å²) in [5, 5.41) is 8.62. The Hall–Kier alpha value is -0.540. The number of hydrogen-bond acceptors (Lipinski definition) is 2. The summed E-state index contributed by atoms with van der Waals surface area (Å²) in [6.45, 7) is 11.8. The smallest absolute Gasteiger partial charge is 0.0847 e. The van der Waals surface area contributed by atoms with E-state index in [1.165, 1.54) is 5.69 Å². The Morgan fingerprint density at radius 1 is 1.44 bits per heavy atom. The van der Waals surface area contributed by atoms with E-state index in [2.05, 4.69) is 38.1 Å². The van der Waals surface area contributed by atoms with E-state index in [0.717, 1.165) is 30.1 Å². The molecule has 1 aromatic rings. The summed E-state index contributed by atoms with van der Waals surface area (Å²) in [6.07, 6.45) is 2.08. The third-order valence-electron chi connectivity index (χ3n) is 3.45. The fraction of sp³-hybridized carbons (Fsp3) is 0.786. The summed E-state index contributed by atoms with van der Waals surface area (Å²) in [5.74, 6) is 0. The molecule has 0 aliphatic heterocycles. The molecule has 0 aromatic carbocycles. The number of hydrogen-bond donors (Lipinski definition) is 1. The molecule has 0 amide bonds. The van der Waals surface area contributed by atoms with Crippen molar-refractivity contribution in [1.82, 2.24) is 15.1 Å². The Morgan fingerprint density at radius 3 is 2.56 bits per heavy atom. The Kier molecular flexibility index (Phi) is 5.23. The Labute approximate surface area is 116 Å². The van der Waals surface area contributed by atoms with Crippen LogP contribution >= 0.6 is 11.6 Å². The van der Waals surface area contributed by atoms with Crippen molar-refractivity contribution in [2.45, 2.75) is 60.0 Å². The van der Waals surface area contributed by atoms with Crippen LogP contribution in [-0.4, -0.2) is 22.9 Å². The average molecular weight is 272 g/mol. The molecule has 18 heavy (non-hydrogen) atoms. The Balaban J connectivity index is 2.89. The minimum Gasteiger partial charge on any atom is -0.317 e. The highest BCUT2D eigenvalue weighted by Gasteiger charge is 2.25. The largest absolute Gasteiger partial charge is 0.317 e. The molecule has 0 aliphatic rings. The molecule has 4 heteroatoms. The predicted molar refractivity (Wildman–Crippen MR) is 78.3 cm³/mol. The van der Waals surface area contributed by atoms with Gasteiger partial charge in [0.25, 0.3) is 0 Å². The molecule has 1 heterocycles. The van der Waals surface area contributed by atoms with E-state index in [9.17, 15) is 0 Å². The fourth-order valence-corrected chi connectivity index (χ4v) is 2.70. The van der Waals surface area contributed by atoms with Crippen molar-refractivity contribution in [2.24, 2.45) is 5.41 Å². The van der Waals surface area contributed by atoms with Crippen LogP contribution in [0.2, 0.25) is 5.02 Å². The van der Waals surface area contributed by atoms with Crippen LogP contribution in [0.15, 0.2) is 0 Å². The summed E-state index contributed by atoms with van der Waals surface area (Å²) in [6, 6.07) is 0.512. The van der Waals surface area contributed by atoms with Gasteiger partial charge in [-0.15, -0.1) is 0 Å². The standard InChI is InChI=1S/C14H26ClN3/c1-7-18-12(13(15)11(3)17-18)9-14(4,5)8-10(2)16-6/h10,16H,7-9H2,1-6H3. The van der Waals surface area contributed by atoms with Gasteiger partial charge < -0.3 is 5.32 Å². The summed E-state index contributed by atoms with van der Waals surface area (Å²) in [4.78, 5) is 0. The van der Waals surface area contributed by atoms with Gasteiger partial charge in [0.2, 0.25) is 0 Å². The van der Waals surface area contributed by atoms with E-state index >= 15 is 0 Å². The second kappa shape index (κ2) is 6.07. The second-order valence-electron chi connectivity index (χ2n) is 5.90. The SMILES string of the molecule is CCn1nc(C)c(Cl)c1CC(C)(C)CC(C)NC. The maximum atomic E-state index is 6.37. The van der Waals surface area contributed by atoms with E-state index in [1.54, 1.807) is 0 Å². The lowest BCUT2D eigenvalue weighted by atomic mass is 9.81. The molecule has 1 aromatic heterocycles. The first-order chi connectivity index (χ1) is 8.30. The maximum Gasteiger partial charge on any atom is 0.0847 e. The molecule has 0 fully saturated rings. The minimum absolute atomic E-state index is 0.214. The molecule has 104 valence electrons. The monoisotopic (exact) mass is 271 g/mol. The lowest BCUT2D eigenvalue weighted by molar-refractivity contribution is 0.286. The second-order valence-corrected chi connectivity index (χ2v) is 6.27. The number of aryl methyl sites for hydroxylation is 2. The van der Waals surface area contributed by atoms with Gasteiger partial charge in [-0.25, -0.2) is 0 Å². The molecule has 3 nitrogen and oxygen atoms in total. The lowest BCUT2D eigenvalue weighted by Gasteiger charge is -2.28. The zero-order chi connectivity index (χ0) is 13.9. The first kappa shape index (κ1) is 15.5. The number of nitrogens with zero attached hydrogens (tertiary/aromatic N) is 2. The van der Waals surface area contributed by atoms with Gasteiger partial charge in [0.15, 0.2) is 0 Å². The summed E-state index contributed by atoms with van der Waals surface area (Å²) >= 11 is 6.37. The van der Waals surface area contributed by atoms with Crippen molar-refractivity contribution in [1.29, 1.82) is 0 Å². The zero-order valence-electron chi connectivity index (χ0n) is 12.5. The predicted octanol–water partition coefficient (Wildman–Crippen LogP) is 3.43. The molecule has 0 bridgehead atoms. The molecule has 0 saturated heterocycles. The van der Waals surface area contributed by atoms with Gasteiger partial charge in [-0.3, -0.25) is 4.68 Å². The molecule has 0 saturated carbocycles. The van der Waals surface area contributed by atoms with Crippen molar-refractivity contribution in [3.8, 4) is 0 Å². The topological polar surface area (TPSA) is 29.9 Å². The van der Waals surface area contributed by atoms with Gasteiger partial charge >= 0.3 is 0 Å². The van der Waals surface area contributed by atoms with E-state index in [-0.39, 0.29) is 5.41 Å². The van der Waals surface area contributed by atoms with Crippen molar-refractivity contribution in [2.75, 3.05) is 7.05 Å². The highest BCUT2D eigenvalue weighted by molar-refractivity contribution is 6.31. The third kappa shape index (κ3) is 3.72. The molecule has 1 N–H and O–H groups in total. The van der Waals surface area contributed by atoms with Crippen LogP contribution in [-0.2, 0) is 13.0 Å². The van der Waals surface area contributed by atoms with Crippen molar-refractivity contribution < 1.29 is 0 Å². The highest BCUT2D eigenvalue weighted by atomic mass is 35.5. The molecular formula is C14H26ClN3. The minimum atomic E-state index is 0.214. The lowest BCUT2D eigenvalue weighted by Crippen LogP contribution is -2.30. The third-order valence-corrected chi connectivity index (χ3v) is 3.94. The highest BCUT2D eigenvalue weighted by Crippen LogP contribution is 2.31. The Morgan fingerprint density at radius 2 is 2.06 bits per heavy atom. The average Bonchev–Trinajstić information content (AvgIpc) is 2.55.